The molecule has 1 heterocycles. The van der Waals surface area contributed by atoms with Crippen molar-refractivity contribution in [1.29, 1.82) is 0 Å². The van der Waals surface area contributed by atoms with Crippen molar-refractivity contribution < 1.29 is 5.11 Å². The summed E-state index contributed by atoms with van der Waals surface area (Å²) in [5, 5.41) is 10.3. The molecule has 6 atom stereocenters. The van der Waals surface area contributed by atoms with E-state index >= 15 is 0 Å². The van der Waals surface area contributed by atoms with Crippen LogP contribution in [0.3, 0.4) is 0 Å². The lowest BCUT2D eigenvalue weighted by molar-refractivity contribution is -0.140. The van der Waals surface area contributed by atoms with Gasteiger partial charge in [-0.2, -0.15) is 0 Å². The number of fused-ring (bicyclic) bond motifs is 5. The lowest BCUT2D eigenvalue weighted by Crippen LogP contribution is -2.60. The number of nitrogens with zero attached hydrogens (tertiary/aromatic N) is 1. The minimum absolute atomic E-state index is 0.130. The third-order valence-corrected chi connectivity index (χ3v) is 10.2. The van der Waals surface area contributed by atoms with Gasteiger partial charge in [-0.25, -0.2) is 0 Å². The second-order valence-electron chi connectivity index (χ2n) is 11.0. The van der Waals surface area contributed by atoms with E-state index in [9.17, 15) is 5.11 Å². The Balaban J connectivity index is 1.58. The van der Waals surface area contributed by atoms with Gasteiger partial charge in [0.1, 0.15) is 0 Å². The number of rotatable bonds is 1. The fourth-order valence-electron chi connectivity index (χ4n) is 7.96. The van der Waals surface area contributed by atoms with E-state index in [1.807, 2.05) is 6.20 Å². The van der Waals surface area contributed by atoms with Crippen molar-refractivity contribution in [3.8, 4) is 0 Å². The quantitative estimate of drug-likeness (QED) is 0.593. The van der Waals surface area contributed by atoms with Crippen LogP contribution in [-0.4, -0.2) is 16.2 Å². The van der Waals surface area contributed by atoms with Gasteiger partial charge >= 0.3 is 0 Å². The summed E-state index contributed by atoms with van der Waals surface area (Å²) in [6.07, 6.45) is 16.8. The molecule has 5 rings (SSSR count). The fraction of sp³-hybridized carbons (Fsp3) is 0.654. The summed E-state index contributed by atoms with van der Waals surface area (Å²) in [7, 11) is 0. The molecule has 0 spiro atoms. The molecule has 2 fully saturated rings. The Morgan fingerprint density at radius 1 is 1.00 bits per heavy atom. The molecule has 1 unspecified atom stereocenters. The maximum absolute atomic E-state index is 10.3. The first kappa shape index (κ1) is 18.6. The predicted molar refractivity (Wildman–Crippen MR) is 115 cm³/mol. The topological polar surface area (TPSA) is 33.1 Å². The van der Waals surface area contributed by atoms with Gasteiger partial charge in [0.25, 0.3) is 0 Å². The molecule has 2 nitrogen and oxygen atoms in total. The Kier molecular flexibility index (Phi) is 3.86. The van der Waals surface area contributed by atoms with E-state index in [0.717, 1.165) is 19.3 Å². The van der Waals surface area contributed by atoms with Gasteiger partial charge in [-0.15, -0.1) is 0 Å². The van der Waals surface area contributed by atoms with Crippen LogP contribution in [0.2, 0.25) is 0 Å². The van der Waals surface area contributed by atoms with Gasteiger partial charge in [0, 0.05) is 12.4 Å². The number of pyridine rings is 1. The first-order chi connectivity index (χ1) is 13.2. The second kappa shape index (κ2) is 5.81. The van der Waals surface area contributed by atoms with Crippen molar-refractivity contribution in [2.45, 2.75) is 78.7 Å². The highest BCUT2D eigenvalue weighted by molar-refractivity contribution is 5.73. The minimum Gasteiger partial charge on any atom is -0.393 e. The molecule has 150 valence electrons. The van der Waals surface area contributed by atoms with Crippen LogP contribution >= 0.6 is 0 Å². The van der Waals surface area contributed by atoms with Crippen LogP contribution < -0.4 is 0 Å². The minimum atomic E-state index is -0.130. The van der Waals surface area contributed by atoms with E-state index < -0.39 is 0 Å². The molecular weight excluding hydrogens is 342 g/mol. The van der Waals surface area contributed by atoms with Crippen molar-refractivity contribution in [2.75, 3.05) is 0 Å². The van der Waals surface area contributed by atoms with E-state index in [0.29, 0.717) is 11.3 Å². The van der Waals surface area contributed by atoms with Gasteiger partial charge in [0.05, 0.1) is 6.10 Å². The molecule has 0 aromatic carbocycles. The highest BCUT2D eigenvalue weighted by Gasteiger charge is 2.67. The number of hydrogen-bond donors (Lipinski definition) is 1. The molecule has 0 amide bonds. The molecule has 1 aromatic rings. The summed E-state index contributed by atoms with van der Waals surface area (Å²) >= 11 is 0. The van der Waals surface area contributed by atoms with Crippen molar-refractivity contribution in [3.05, 3.63) is 47.8 Å². The summed E-state index contributed by atoms with van der Waals surface area (Å²) in [5.41, 5.74) is 5.47. The van der Waals surface area contributed by atoms with Gasteiger partial charge < -0.3 is 5.11 Å². The molecule has 28 heavy (non-hydrogen) atoms. The van der Waals surface area contributed by atoms with Gasteiger partial charge in [0.15, 0.2) is 0 Å². The number of aliphatic hydroxyl groups excluding tert-OH is 1. The summed E-state index contributed by atoms with van der Waals surface area (Å²) in [6.45, 7) is 10.2. The molecule has 4 aliphatic rings. The van der Waals surface area contributed by atoms with E-state index in [4.69, 9.17) is 0 Å². The van der Waals surface area contributed by atoms with Crippen molar-refractivity contribution >= 4 is 5.57 Å². The molecule has 0 radical (unpaired) electrons. The second-order valence-corrected chi connectivity index (χ2v) is 11.0. The van der Waals surface area contributed by atoms with E-state index in [-0.39, 0.29) is 22.3 Å². The van der Waals surface area contributed by atoms with Gasteiger partial charge in [0.2, 0.25) is 0 Å². The molecule has 4 aliphatic carbocycles. The highest BCUT2D eigenvalue weighted by Crippen LogP contribution is 2.75. The lowest BCUT2D eigenvalue weighted by atomic mass is 9.37. The number of aliphatic hydroxyl groups is 1. The van der Waals surface area contributed by atoms with Gasteiger partial charge in [-0.1, -0.05) is 51.5 Å². The van der Waals surface area contributed by atoms with Gasteiger partial charge in [-0.05, 0) is 89.7 Å². The lowest BCUT2D eigenvalue weighted by Gasteiger charge is -2.67. The Hall–Kier alpha value is -1.41. The van der Waals surface area contributed by atoms with Crippen molar-refractivity contribution in [3.63, 3.8) is 0 Å². The SMILES string of the molecule is C[C@]12CC[C@H](O)CC1=CCC1[C@]2(C)CC[C@]2(C)C(c3cccnc3)=CC[C@@]12C. The van der Waals surface area contributed by atoms with Crippen LogP contribution in [-0.2, 0) is 0 Å². The summed E-state index contributed by atoms with van der Waals surface area (Å²) in [6, 6.07) is 4.32. The van der Waals surface area contributed by atoms with Crippen molar-refractivity contribution in [1.82, 2.24) is 4.98 Å². The van der Waals surface area contributed by atoms with Crippen LogP contribution in [0.1, 0.15) is 78.2 Å². The summed E-state index contributed by atoms with van der Waals surface area (Å²) < 4.78 is 0. The Labute approximate surface area is 170 Å². The third-order valence-electron chi connectivity index (χ3n) is 10.2. The molecular formula is C26H35NO. The zero-order valence-electron chi connectivity index (χ0n) is 18.0. The summed E-state index contributed by atoms with van der Waals surface area (Å²) in [4.78, 5) is 4.41. The monoisotopic (exact) mass is 377 g/mol. The Bertz CT molecular complexity index is 856. The molecule has 0 saturated heterocycles. The zero-order valence-corrected chi connectivity index (χ0v) is 18.0. The van der Waals surface area contributed by atoms with Crippen LogP contribution in [0.5, 0.6) is 0 Å². The van der Waals surface area contributed by atoms with E-state index in [1.165, 1.54) is 36.8 Å². The predicted octanol–water partition coefficient (Wildman–Crippen LogP) is 6.18. The van der Waals surface area contributed by atoms with Crippen LogP contribution in [0.15, 0.2) is 42.3 Å². The average Bonchev–Trinajstić information content (AvgIpc) is 2.96. The van der Waals surface area contributed by atoms with E-state index in [2.05, 4.69) is 63.2 Å². The van der Waals surface area contributed by atoms with Crippen LogP contribution in [0.25, 0.3) is 5.57 Å². The highest BCUT2D eigenvalue weighted by atomic mass is 16.3. The molecule has 2 heteroatoms. The zero-order chi connectivity index (χ0) is 19.8. The van der Waals surface area contributed by atoms with Crippen molar-refractivity contribution in [2.24, 2.45) is 27.6 Å². The number of hydrogen-bond acceptors (Lipinski definition) is 2. The third kappa shape index (κ3) is 2.11. The smallest absolute Gasteiger partial charge is 0.0577 e. The average molecular weight is 378 g/mol. The molecule has 0 bridgehead atoms. The normalized spacial score (nSPS) is 47.5. The maximum atomic E-state index is 10.3. The Morgan fingerprint density at radius 3 is 2.57 bits per heavy atom. The largest absolute Gasteiger partial charge is 0.393 e. The van der Waals surface area contributed by atoms with Crippen LogP contribution in [0.4, 0.5) is 0 Å². The fourth-order valence-corrected chi connectivity index (χ4v) is 7.96. The molecule has 2 saturated carbocycles. The molecule has 1 aromatic heterocycles. The maximum Gasteiger partial charge on any atom is 0.0577 e. The number of aromatic nitrogens is 1. The standard InChI is InChI=1S/C26H35NO/c1-23-11-9-20(28)16-19(23)7-8-22-25(3)12-10-21(18-6-5-15-27-17-18)24(25,2)13-14-26(22,23)4/h5-7,10,15,17,20,22,28H,8-9,11-14,16H2,1-4H3/t20-,22?,23-,24+,25-,26-/m0/s1. The summed E-state index contributed by atoms with van der Waals surface area (Å²) in [5.74, 6) is 0.688. The molecule has 1 N–H and O–H groups in total. The van der Waals surface area contributed by atoms with Crippen LogP contribution in [0, 0.1) is 27.6 Å². The van der Waals surface area contributed by atoms with E-state index in [1.54, 1.807) is 5.57 Å². The first-order valence-electron chi connectivity index (χ1n) is 11.2. The first-order valence-corrected chi connectivity index (χ1v) is 11.2. The molecule has 0 aliphatic heterocycles. The number of allylic oxidation sites excluding steroid dienone is 3. The Morgan fingerprint density at radius 2 is 1.82 bits per heavy atom. The van der Waals surface area contributed by atoms with Gasteiger partial charge in [-0.3, -0.25) is 4.98 Å².